The number of hydrogen-bond acceptors (Lipinski definition) is 8. The van der Waals surface area contributed by atoms with Crippen LogP contribution in [0.3, 0.4) is 0 Å². The van der Waals surface area contributed by atoms with Crippen LogP contribution in [-0.4, -0.2) is 47.7 Å². The van der Waals surface area contributed by atoms with Gasteiger partial charge in [-0.2, -0.15) is 13.5 Å². The van der Waals surface area contributed by atoms with E-state index in [1.165, 1.54) is 17.4 Å². The molecule has 3 amide bonds. The Morgan fingerprint density at radius 2 is 1.66 bits per heavy atom. The van der Waals surface area contributed by atoms with Crippen LogP contribution in [0.15, 0.2) is 53.7 Å². The quantitative estimate of drug-likeness (QED) is 0.192. The molecule has 3 fully saturated rings. The maximum Gasteiger partial charge on any atom is 0.407 e. The van der Waals surface area contributed by atoms with Crippen LogP contribution in [0.2, 0.25) is 0 Å². The number of fused-ring (bicyclic) bond motifs is 3. The minimum absolute atomic E-state index is 0. The smallest absolute Gasteiger partial charge is 0.407 e. The number of aromatic nitrogens is 2. The first-order valence-corrected chi connectivity index (χ1v) is 18.0. The van der Waals surface area contributed by atoms with Crippen LogP contribution >= 0.6 is 24.8 Å². The Bertz CT molecular complexity index is 1660. The number of ether oxygens (including phenoxy) is 1. The number of carbonyl (C=O) groups excluding carboxylic acids is 2. The summed E-state index contributed by atoms with van der Waals surface area (Å²) in [5, 5.41) is 9.75. The maximum atomic E-state index is 13.8. The lowest BCUT2D eigenvalue weighted by Gasteiger charge is -2.52. The van der Waals surface area contributed by atoms with E-state index in [0.29, 0.717) is 16.9 Å². The van der Waals surface area contributed by atoms with Gasteiger partial charge in [-0.15, -0.1) is 11.3 Å². The highest BCUT2D eigenvalue weighted by atomic mass is 32.2. The van der Waals surface area contributed by atoms with Gasteiger partial charge >= 0.3 is 12.1 Å². The molecule has 0 unspecified atom stereocenters. The molecule has 4 N–H and O–H groups in total. The van der Waals surface area contributed by atoms with Gasteiger partial charge in [-0.3, -0.25) is 4.98 Å². The van der Waals surface area contributed by atoms with Crippen LogP contribution < -0.4 is 20.7 Å². The molecule has 2 bridgehead atoms. The Morgan fingerprint density at radius 3 is 2.26 bits per heavy atom. The molecule has 2 heterocycles. The lowest BCUT2D eigenvalue weighted by atomic mass is 9.57. The van der Waals surface area contributed by atoms with Gasteiger partial charge in [0.1, 0.15) is 0 Å². The van der Waals surface area contributed by atoms with Gasteiger partial charge in [0.15, 0.2) is 0 Å². The highest BCUT2D eigenvalue weighted by molar-refractivity contribution is 7.89. The van der Waals surface area contributed by atoms with Crippen LogP contribution in [0, 0.1) is 0 Å². The van der Waals surface area contributed by atoms with E-state index in [1.807, 2.05) is 32.9 Å². The number of carbonyl (C=O) groups is 2. The molecule has 1 aromatic carbocycles. The number of thiazole rings is 1. The Kier molecular flexibility index (Phi) is 11.0. The molecule has 3 aliphatic rings. The van der Waals surface area contributed by atoms with Gasteiger partial charge in [-0.05, 0) is 104 Å². The van der Waals surface area contributed by atoms with Crippen molar-refractivity contribution in [2.75, 3.05) is 5.32 Å². The fourth-order valence-electron chi connectivity index (χ4n) is 6.35. The van der Waals surface area contributed by atoms with Crippen LogP contribution in [0.25, 0.3) is 10.4 Å². The number of sulfonamides is 1. The predicted octanol–water partition coefficient (Wildman–Crippen LogP) is 6.76. The molecule has 1 atom stereocenters. The molecule has 0 radical (unpaired) electrons. The molecule has 14 heteroatoms. The van der Waals surface area contributed by atoms with Crippen LogP contribution in [0.4, 0.5) is 15.3 Å². The number of hydrogen-bond donors (Lipinski definition) is 4. The van der Waals surface area contributed by atoms with Gasteiger partial charge in [0.25, 0.3) is 0 Å². The minimum Gasteiger partial charge on any atom is -0.447 e. The molecule has 6 rings (SSSR count). The molecule has 11 nitrogen and oxygen atoms in total. The SMILES string of the molecule is CC(C)OC(=O)NC12CCC(c3ncc(-c4ccc(NC(=O)N[C@@H](C)c5ccccn5)cc4S(=O)(=O)NC(C)(C)C)s3)(CC1)CC2.S. The lowest BCUT2D eigenvalue weighted by Crippen LogP contribution is -2.58. The van der Waals surface area contributed by atoms with Gasteiger partial charge in [0.05, 0.1) is 32.6 Å². The second kappa shape index (κ2) is 14.1. The fourth-order valence-corrected chi connectivity index (χ4v) is 9.31. The summed E-state index contributed by atoms with van der Waals surface area (Å²) < 4.78 is 35.6. The summed E-state index contributed by atoms with van der Waals surface area (Å²) in [6.45, 7) is 10.9. The van der Waals surface area contributed by atoms with Gasteiger partial charge < -0.3 is 20.7 Å². The van der Waals surface area contributed by atoms with Crippen molar-refractivity contribution in [2.45, 2.75) is 114 Å². The first kappa shape index (κ1) is 36.6. The molecule has 47 heavy (non-hydrogen) atoms. The predicted molar refractivity (Wildman–Crippen MR) is 190 cm³/mol. The number of anilines is 1. The Morgan fingerprint density at radius 1 is 0.979 bits per heavy atom. The highest BCUT2D eigenvalue weighted by Gasteiger charge is 2.51. The number of pyridine rings is 1. The zero-order chi connectivity index (χ0) is 33.3. The lowest BCUT2D eigenvalue weighted by molar-refractivity contribution is 0.0560. The molecule has 3 aromatic rings. The van der Waals surface area contributed by atoms with E-state index < -0.39 is 21.6 Å². The zero-order valence-electron chi connectivity index (χ0n) is 27.8. The fraction of sp³-hybridized carbons (Fsp3) is 0.515. The molecule has 256 valence electrons. The Labute approximate surface area is 288 Å². The van der Waals surface area contributed by atoms with Crippen molar-refractivity contribution in [3.63, 3.8) is 0 Å². The molecule has 0 spiro atoms. The van der Waals surface area contributed by atoms with Crippen molar-refractivity contribution in [2.24, 2.45) is 0 Å². The monoisotopic (exact) mass is 702 g/mol. The number of benzene rings is 1. The van der Waals surface area contributed by atoms with Crippen molar-refractivity contribution in [3.8, 4) is 10.4 Å². The summed E-state index contributed by atoms with van der Waals surface area (Å²) in [4.78, 5) is 35.2. The molecule has 3 saturated carbocycles. The number of urea groups is 1. The third-order valence-electron chi connectivity index (χ3n) is 8.63. The number of nitrogens with zero attached hydrogens (tertiary/aromatic N) is 2. The summed E-state index contributed by atoms with van der Waals surface area (Å²) in [5.74, 6) is 0. The summed E-state index contributed by atoms with van der Waals surface area (Å²) in [6, 6.07) is 9.56. The summed E-state index contributed by atoms with van der Waals surface area (Å²) in [5.41, 5.74) is 0.478. The van der Waals surface area contributed by atoms with Gasteiger partial charge in [0, 0.05) is 40.1 Å². The molecule has 0 saturated heterocycles. The average molecular weight is 703 g/mol. The van der Waals surface area contributed by atoms with Gasteiger partial charge in [-0.25, -0.2) is 27.7 Å². The van der Waals surface area contributed by atoms with Crippen molar-refractivity contribution >= 4 is 52.7 Å². The van der Waals surface area contributed by atoms with E-state index in [4.69, 9.17) is 9.72 Å². The van der Waals surface area contributed by atoms with E-state index >= 15 is 0 Å². The van der Waals surface area contributed by atoms with Crippen LogP contribution in [0.1, 0.15) is 96.8 Å². The van der Waals surface area contributed by atoms with Crippen molar-refractivity contribution in [3.05, 3.63) is 59.5 Å². The first-order chi connectivity index (χ1) is 21.6. The molecule has 2 aromatic heterocycles. The summed E-state index contributed by atoms with van der Waals surface area (Å²) >= 11 is 1.51. The summed E-state index contributed by atoms with van der Waals surface area (Å²) in [6.07, 6.45) is 8.04. The van der Waals surface area contributed by atoms with Crippen molar-refractivity contribution < 1.29 is 22.7 Å². The second-order valence-electron chi connectivity index (χ2n) is 13.8. The first-order valence-electron chi connectivity index (χ1n) is 15.7. The Balaban J connectivity index is 0.00000500. The Hall–Kier alpha value is -3.20. The standard InChI is InChI=1S/C33H44N6O5S2.H2S/c1-21(2)44-30(41)38-33-15-12-32(13-16-33,14-17-33)28-35-20-26(45-28)24-11-10-23(19-27(24)46(42,43)39-31(4,5)6)37-29(40)36-22(3)25-9-7-8-18-34-25;/h7-11,18-22,39H,12-17H2,1-6H3,(H,38,41)(H2,36,37,40);1H2/t22-,32?,33?;/m0./s1. The maximum absolute atomic E-state index is 13.8. The van der Waals surface area contributed by atoms with E-state index in [1.54, 1.807) is 51.4 Å². The van der Waals surface area contributed by atoms with E-state index in [0.717, 1.165) is 48.4 Å². The molecular weight excluding hydrogens is 657 g/mol. The molecule has 0 aliphatic heterocycles. The average Bonchev–Trinajstić information content (AvgIpc) is 3.48. The number of rotatable bonds is 9. The minimum atomic E-state index is -3.98. The van der Waals surface area contributed by atoms with E-state index in [-0.39, 0.29) is 47.6 Å². The van der Waals surface area contributed by atoms with Crippen LogP contribution in [-0.2, 0) is 20.2 Å². The number of alkyl carbamates (subject to hydrolysis) is 1. The van der Waals surface area contributed by atoms with E-state index in [2.05, 4.69) is 25.7 Å². The molecular formula is C33H46N6O5S3. The topological polar surface area (TPSA) is 151 Å². The third kappa shape index (κ3) is 8.64. The zero-order valence-corrected chi connectivity index (χ0v) is 30.4. The van der Waals surface area contributed by atoms with Crippen molar-refractivity contribution in [1.29, 1.82) is 0 Å². The van der Waals surface area contributed by atoms with Gasteiger partial charge in [-0.1, -0.05) is 12.1 Å². The normalized spacial score (nSPS) is 21.4. The van der Waals surface area contributed by atoms with Crippen molar-refractivity contribution in [1.82, 2.24) is 25.3 Å². The molecule has 3 aliphatic carbocycles. The largest absolute Gasteiger partial charge is 0.447 e. The summed E-state index contributed by atoms with van der Waals surface area (Å²) in [7, 11) is -3.98. The van der Waals surface area contributed by atoms with Gasteiger partial charge in [0.2, 0.25) is 10.0 Å². The van der Waals surface area contributed by atoms with E-state index in [9.17, 15) is 18.0 Å². The highest BCUT2D eigenvalue weighted by Crippen LogP contribution is 2.55. The van der Waals surface area contributed by atoms with Crippen LogP contribution in [0.5, 0.6) is 0 Å². The number of amides is 3. The number of nitrogens with one attached hydrogen (secondary N) is 4. The second-order valence-corrected chi connectivity index (χ2v) is 16.5. The third-order valence-corrected chi connectivity index (χ3v) is 11.7.